The van der Waals surface area contributed by atoms with Gasteiger partial charge in [-0.25, -0.2) is 0 Å². The normalized spacial score (nSPS) is 34.2. The Morgan fingerprint density at radius 3 is 1.38 bits per heavy atom. The van der Waals surface area contributed by atoms with Crippen molar-refractivity contribution in [1.82, 2.24) is 0 Å². The summed E-state index contributed by atoms with van der Waals surface area (Å²) in [6, 6.07) is 21.7. The van der Waals surface area contributed by atoms with Crippen LogP contribution in [0.4, 0.5) is 0 Å². The first-order chi connectivity index (χ1) is 12.8. The molecule has 4 atom stereocenters. The monoisotopic (exact) mass is 350 g/mol. The van der Waals surface area contributed by atoms with Crippen LogP contribution in [-0.4, -0.2) is 14.2 Å². The molecule has 0 N–H and O–H groups in total. The van der Waals surface area contributed by atoms with Crippen LogP contribution in [0.25, 0.3) is 0 Å². The molecule has 0 amide bonds. The van der Waals surface area contributed by atoms with Gasteiger partial charge in [-0.15, -0.1) is 0 Å². The van der Waals surface area contributed by atoms with E-state index >= 15 is 0 Å². The van der Waals surface area contributed by atoms with Gasteiger partial charge in [-0.1, -0.05) is 60.7 Å². The zero-order valence-electron chi connectivity index (χ0n) is 16.0. The molecule has 0 spiro atoms. The lowest BCUT2D eigenvalue weighted by Crippen LogP contribution is -2.44. The summed E-state index contributed by atoms with van der Waals surface area (Å²) in [4.78, 5) is 0. The number of ether oxygens (including phenoxy) is 2. The van der Waals surface area contributed by atoms with Crippen LogP contribution in [-0.2, 0) is 20.7 Å². The Kier molecular flexibility index (Phi) is 4.90. The third-order valence-electron chi connectivity index (χ3n) is 7.06. The van der Waals surface area contributed by atoms with Crippen LogP contribution in [0.5, 0.6) is 0 Å². The molecule has 2 fully saturated rings. The van der Waals surface area contributed by atoms with Crippen LogP contribution >= 0.6 is 0 Å². The SMILES string of the molecule is COC1(c2ccccc2)CCCC1C1CCCC1(OC)c1ccccc1. The van der Waals surface area contributed by atoms with Crippen molar-refractivity contribution >= 4 is 0 Å². The van der Waals surface area contributed by atoms with Crippen LogP contribution in [0, 0.1) is 11.8 Å². The third kappa shape index (κ3) is 2.62. The van der Waals surface area contributed by atoms with E-state index in [1.54, 1.807) is 0 Å². The summed E-state index contributed by atoms with van der Waals surface area (Å²) in [5.74, 6) is 0.968. The first kappa shape index (κ1) is 17.8. The number of hydrogen-bond acceptors (Lipinski definition) is 2. The van der Waals surface area contributed by atoms with E-state index in [1.807, 2.05) is 14.2 Å². The van der Waals surface area contributed by atoms with E-state index in [1.165, 1.54) is 36.8 Å². The minimum atomic E-state index is -0.186. The van der Waals surface area contributed by atoms with E-state index in [4.69, 9.17) is 9.47 Å². The lowest BCUT2D eigenvalue weighted by molar-refractivity contribution is -0.124. The van der Waals surface area contributed by atoms with Crippen molar-refractivity contribution in [3.8, 4) is 0 Å². The molecule has 2 nitrogen and oxygen atoms in total. The van der Waals surface area contributed by atoms with Crippen molar-refractivity contribution in [1.29, 1.82) is 0 Å². The molecule has 0 radical (unpaired) electrons. The van der Waals surface area contributed by atoms with Gasteiger partial charge in [0.15, 0.2) is 0 Å². The van der Waals surface area contributed by atoms with Gasteiger partial charge in [-0.05, 0) is 61.5 Å². The Bertz CT molecular complexity index is 650. The molecule has 2 heteroatoms. The van der Waals surface area contributed by atoms with Crippen molar-refractivity contribution in [2.45, 2.75) is 49.7 Å². The maximum atomic E-state index is 6.33. The van der Waals surface area contributed by atoms with Crippen molar-refractivity contribution in [3.05, 3.63) is 71.8 Å². The Balaban J connectivity index is 1.77. The standard InChI is InChI=1S/C24H30O2/c1-25-23(19-11-5-3-6-12-19)17-9-15-21(23)22-16-10-18-24(22,26-2)20-13-7-4-8-14-20/h3-8,11-14,21-22H,9-10,15-18H2,1-2H3. The van der Waals surface area contributed by atoms with Gasteiger partial charge in [-0.3, -0.25) is 0 Å². The number of rotatable bonds is 5. The lowest BCUT2D eigenvalue weighted by Gasteiger charge is -2.45. The molecule has 2 aliphatic carbocycles. The van der Waals surface area contributed by atoms with E-state index in [2.05, 4.69) is 60.7 Å². The molecule has 4 rings (SSSR count). The molecular weight excluding hydrogens is 320 g/mol. The van der Waals surface area contributed by atoms with Gasteiger partial charge in [0.25, 0.3) is 0 Å². The smallest absolute Gasteiger partial charge is 0.0959 e. The number of hydrogen-bond donors (Lipinski definition) is 0. The van der Waals surface area contributed by atoms with Crippen molar-refractivity contribution in [2.75, 3.05) is 14.2 Å². The predicted octanol–water partition coefficient (Wildman–Crippen LogP) is 5.67. The molecule has 138 valence electrons. The predicted molar refractivity (Wildman–Crippen MR) is 105 cm³/mol. The minimum absolute atomic E-state index is 0.186. The number of benzene rings is 2. The first-order valence-corrected chi connectivity index (χ1v) is 9.98. The Hall–Kier alpha value is -1.64. The largest absolute Gasteiger partial charge is 0.373 e. The maximum Gasteiger partial charge on any atom is 0.0959 e. The molecule has 2 aliphatic rings. The van der Waals surface area contributed by atoms with Gasteiger partial charge < -0.3 is 9.47 Å². The summed E-state index contributed by atoms with van der Waals surface area (Å²) in [6.45, 7) is 0. The second-order valence-corrected chi connectivity index (χ2v) is 7.92. The summed E-state index contributed by atoms with van der Waals surface area (Å²) in [5, 5.41) is 0. The average molecular weight is 351 g/mol. The van der Waals surface area contributed by atoms with Crippen molar-refractivity contribution in [3.63, 3.8) is 0 Å². The second kappa shape index (κ2) is 7.17. The van der Waals surface area contributed by atoms with Gasteiger partial charge in [0, 0.05) is 14.2 Å². The molecule has 0 saturated heterocycles. The summed E-state index contributed by atoms with van der Waals surface area (Å²) < 4.78 is 12.7. The zero-order chi connectivity index (χ0) is 18.0. The van der Waals surface area contributed by atoms with Gasteiger partial charge in [-0.2, -0.15) is 0 Å². The van der Waals surface area contributed by atoms with Gasteiger partial charge in [0.2, 0.25) is 0 Å². The van der Waals surface area contributed by atoms with Crippen LogP contribution in [0.15, 0.2) is 60.7 Å². The van der Waals surface area contributed by atoms with Crippen LogP contribution < -0.4 is 0 Å². The van der Waals surface area contributed by atoms with Gasteiger partial charge in [0.1, 0.15) is 0 Å². The van der Waals surface area contributed by atoms with Crippen LogP contribution in [0.2, 0.25) is 0 Å². The zero-order valence-corrected chi connectivity index (χ0v) is 16.0. The highest BCUT2D eigenvalue weighted by atomic mass is 16.5. The topological polar surface area (TPSA) is 18.5 Å². The summed E-state index contributed by atoms with van der Waals surface area (Å²) >= 11 is 0. The maximum absolute atomic E-state index is 6.33. The highest BCUT2D eigenvalue weighted by molar-refractivity contribution is 5.30. The highest BCUT2D eigenvalue weighted by Gasteiger charge is 2.56. The molecule has 0 aliphatic heterocycles. The van der Waals surface area contributed by atoms with Crippen molar-refractivity contribution in [2.24, 2.45) is 11.8 Å². The lowest BCUT2D eigenvalue weighted by atomic mass is 9.69. The molecule has 26 heavy (non-hydrogen) atoms. The van der Waals surface area contributed by atoms with Gasteiger partial charge in [0.05, 0.1) is 11.2 Å². The summed E-state index contributed by atoms with van der Waals surface area (Å²) in [6.07, 6.45) is 7.07. The molecule has 0 bridgehead atoms. The van der Waals surface area contributed by atoms with Crippen molar-refractivity contribution < 1.29 is 9.47 Å². The molecular formula is C24H30O2. The summed E-state index contributed by atoms with van der Waals surface area (Å²) in [7, 11) is 3.80. The van der Waals surface area contributed by atoms with E-state index in [9.17, 15) is 0 Å². The molecule has 2 aromatic rings. The Morgan fingerprint density at radius 2 is 1.04 bits per heavy atom. The third-order valence-corrected chi connectivity index (χ3v) is 7.06. The van der Waals surface area contributed by atoms with Crippen LogP contribution in [0.3, 0.4) is 0 Å². The fourth-order valence-corrected chi connectivity index (χ4v) is 5.96. The van der Waals surface area contributed by atoms with E-state index in [0.717, 1.165) is 12.8 Å². The Labute approximate surface area is 157 Å². The highest BCUT2D eigenvalue weighted by Crippen LogP contribution is 2.59. The fraction of sp³-hybridized carbons (Fsp3) is 0.500. The molecule has 0 heterocycles. The number of methoxy groups -OCH3 is 2. The van der Waals surface area contributed by atoms with Gasteiger partial charge >= 0.3 is 0 Å². The molecule has 4 unspecified atom stereocenters. The fourth-order valence-electron chi connectivity index (χ4n) is 5.96. The second-order valence-electron chi connectivity index (χ2n) is 7.92. The average Bonchev–Trinajstić information content (AvgIpc) is 3.34. The summed E-state index contributed by atoms with van der Waals surface area (Å²) in [5.41, 5.74) is 2.29. The molecule has 0 aromatic heterocycles. The molecule has 2 saturated carbocycles. The van der Waals surface area contributed by atoms with Crippen LogP contribution in [0.1, 0.15) is 49.7 Å². The minimum Gasteiger partial charge on any atom is -0.373 e. The quantitative estimate of drug-likeness (QED) is 0.691. The van der Waals surface area contributed by atoms with E-state index in [0.29, 0.717) is 11.8 Å². The first-order valence-electron chi connectivity index (χ1n) is 9.98. The Morgan fingerprint density at radius 1 is 0.654 bits per heavy atom. The van der Waals surface area contributed by atoms with E-state index < -0.39 is 0 Å². The molecule has 2 aromatic carbocycles. The van der Waals surface area contributed by atoms with E-state index in [-0.39, 0.29) is 11.2 Å².